The Morgan fingerprint density at radius 3 is 2.65 bits per heavy atom. The molecule has 17 heavy (non-hydrogen) atoms. The van der Waals surface area contributed by atoms with E-state index in [0.717, 1.165) is 4.57 Å². The van der Waals surface area contributed by atoms with Crippen LogP contribution in [0.3, 0.4) is 0 Å². The Hall–Kier alpha value is -1.48. The minimum Gasteiger partial charge on any atom is -0.394 e. The van der Waals surface area contributed by atoms with Crippen molar-refractivity contribution in [3.8, 4) is 0 Å². The van der Waals surface area contributed by atoms with Crippen molar-refractivity contribution in [1.29, 1.82) is 0 Å². The Kier molecular flexibility index (Phi) is 3.11. The highest BCUT2D eigenvalue weighted by Crippen LogP contribution is 2.24. The molecule has 1 aromatic rings. The van der Waals surface area contributed by atoms with Gasteiger partial charge in [0.1, 0.15) is 0 Å². The van der Waals surface area contributed by atoms with Crippen LogP contribution in [0.25, 0.3) is 0 Å². The minimum atomic E-state index is -0.786. The summed E-state index contributed by atoms with van der Waals surface area (Å²) in [7, 11) is 0. The largest absolute Gasteiger partial charge is 0.394 e. The minimum absolute atomic E-state index is 0.274. The number of ether oxygens (including phenoxy) is 1. The maximum absolute atomic E-state index is 11.5. The molecule has 4 atom stereocenters. The van der Waals surface area contributed by atoms with Crippen molar-refractivity contribution in [1.82, 2.24) is 9.55 Å². The first kappa shape index (κ1) is 12.0. The molecule has 2 rings (SSSR count). The van der Waals surface area contributed by atoms with Gasteiger partial charge in [0.05, 0.1) is 24.8 Å². The second kappa shape index (κ2) is 4.41. The van der Waals surface area contributed by atoms with Gasteiger partial charge in [0, 0.05) is 12.3 Å². The van der Waals surface area contributed by atoms with Crippen LogP contribution in [0.1, 0.15) is 6.23 Å². The molecule has 1 aliphatic heterocycles. The van der Waals surface area contributed by atoms with Crippen LogP contribution in [-0.2, 0) is 4.74 Å². The van der Waals surface area contributed by atoms with Gasteiger partial charge < -0.3 is 21.3 Å². The van der Waals surface area contributed by atoms with Crippen molar-refractivity contribution in [3.05, 3.63) is 33.1 Å². The van der Waals surface area contributed by atoms with Gasteiger partial charge in [-0.1, -0.05) is 0 Å². The quantitative estimate of drug-likeness (QED) is 0.438. The molecule has 0 radical (unpaired) electrons. The number of hydrogen-bond donors (Lipinski definition) is 4. The van der Waals surface area contributed by atoms with Gasteiger partial charge >= 0.3 is 5.69 Å². The summed E-state index contributed by atoms with van der Waals surface area (Å²) in [5, 5.41) is 9.03. The topological polar surface area (TPSA) is 136 Å². The maximum Gasteiger partial charge on any atom is 0.330 e. The number of aromatic nitrogens is 2. The summed E-state index contributed by atoms with van der Waals surface area (Å²) < 4.78 is 6.54. The number of nitrogens with one attached hydrogen (secondary N) is 1. The molecule has 0 aromatic carbocycles. The predicted molar refractivity (Wildman–Crippen MR) is 58.3 cm³/mol. The molecule has 1 unspecified atom stereocenters. The molecule has 1 aliphatic rings. The summed E-state index contributed by atoms with van der Waals surface area (Å²) in [5.41, 5.74) is 10.4. The van der Waals surface area contributed by atoms with Crippen LogP contribution in [0.15, 0.2) is 21.9 Å². The number of aliphatic hydroxyl groups is 1. The number of aliphatic hydroxyl groups excluding tert-OH is 1. The van der Waals surface area contributed by atoms with Gasteiger partial charge in [-0.15, -0.1) is 0 Å². The Morgan fingerprint density at radius 1 is 1.41 bits per heavy atom. The molecule has 0 bridgehead atoms. The lowest BCUT2D eigenvalue weighted by molar-refractivity contribution is -0.0300. The van der Waals surface area contributed by atoms with Gasteiger partial charge in [-0.3, -0.25) is 14.3 Å². The fourth-order valence-electron chi connectivity index (χ4n) is 1.84. The average Bonchev–Trinajstić information content (AvgIpc) is 2.57. The van der Waals surface area contributed by atoms with Crippen molar-refractivity contribution in [2.24, 2.45) is 11.5 Å². The molecule has 6 N–H and O–H groups in total. The van der Waals surface area contributed by atoms with Crippen LogP contribution in [0, 0.1) is 0 Å². The third-order valence-electron chi connectivity index (χ3n) is 2.82. The van der Waals surface area contributed by atoms with E-state index in [0.29, 0.717) is 0 Å². The number of aromatic amines is 1. The second-order valence-corrected chi connectivity index (χ2v) is 3.92. The van der Waals surface area contributed by atoms with Crippen LogP contribution in [0.4, 0.5) is 0 Å². The van der Waals surface area contributed by atoms with E-state index in [1.807, 2.05) is 0 Å². The van der Waals surface area contributed by atoms with Gasteiger partial charge in [0.2, 0.25) is 0 Å². The van der Waals surface area contributed by atoms with Crippen molar-refractivity contribution in [2.45, 2.75) is 24.4 Å². The molecule has 8 heteroatoms. The summed E-state index contributed by atoms with van der Waals surface area (Å²) in [6.45, 7) is -0.274. The van der Waals surface area contributed by atoms with E-state index >= 15 is 0 Å². The van der Waals surface area contributed by atoms with Gasteiger partial charge in [0.25, 0.3) is 5.56 Å². The Balaban J connectivity index is 2.35. The van der Waals surface area contributed by atoms with E-state index in [-0.39, 0.29) is 6.61 Å². The number of H-pyrrole nitrogens is 1. The van der Waals surface area contributed by atoms with E-state index in [2.05, 4.69) is 4.98 Å². The van der Waals surface area contributed by atoms with E-state index in [1.54, 1.807) is 0 Å². The molecule has 0 spiro atoms. The summed E-state index contributed by atoms with van der Waals surface area (Å²) >= 11 is 0. The fourth-order valence-corrected chi connectivity index (χ4v) is 1.84. The number of rotatable bonds is 2. The third-order valence-corrected chi connectivity index (χ3v) is 2.82. The zero-order chi connectivity index (χ0) is 12.6. The van der Waals surface area contributed by atoms with Crippen LogP contribution in [-0.4, -0.2) is 39.5 Å². The highest BCUT2D eigenvalue weighted by molar-refractivity contribution is 4.97. The van der Waals surface area contributed by atoms with Crippen molar-refractivity contribution in [2.75, 3.05) is 6.61 Å². The van der Waals surface area contributed by atoms with Crippen LogP contribution >= 0.6 is 0 Å². The van der Waals surface area contributed by atoms with Gasteiger partial charge in [-0.05, 0) is 0 Å². The first-order valence-electron chi connectivity index (χ1n) is 5.13. The highest BCUT2D eigenvalue weighted by Gasteiger charge is 2.41. The number of nitrogens with zero attached hydrogens (tertiary/aromatic N) is 1. The van der Waals surface area contributed by atoms with Crippen molar-refractivity contribution < 1.29 is 9.84 Å². The van der Waals surface area contributed by atoms with Crippen molar-refractivity contribution in [3.63, 3.8) is 0 Å². The lowest BCUT2D eigenvalue weighted by atomic mass is 10.1. The molecule has 0 amide bonds. The van der Waals surface area contributed by atoms with E-state index < -0.39 is 35.7 Å². The normalized spacial score (nSPS) is 32.9. The molecule has 8 nitrogen and oxygen atoms in total. The van der Waals surface area contributed by atoms with Gasteiger partial charge in [-0.2, -0.15) is 0 Å². The molecule has 1 fully saturated rings. The molecule has 2 heterocycles. The Bertz CT molecular complexity index is 510. The summed E-state index contributed by atoms with van der Waals surface area (Å²) in [4.78, 5) is 24.6. The molecule has 0 aliphatic carbocycles. The average molecular weight is 242 g/mol. The first-order valence-corrected chi connectivity index (χ1v) is 5.13. The lowest BCUT2D eigenvalue weighted by Gasteiger charge is -2.17. The molecule has 1 aromatic heterocycles. The fraction of sp³-hybridized carbons (Fsp3) is 0.556. The highest BCUT2D eigenvalue weighted by atomic mass is 16.5. The van der Waals surface area contributed by atoms with Crippen molar-refractivity contribution >= 4 is 0 Å². The van der Waals surface area contributed by atoms with Crippen LogP contribution in [0.2, 0.25) is 0 Å². The smallest absolute Gasteiger partial charge is 0.330 e. The molecule has 94 valence electrons. The Labute approximate surface area is 95.8 Å². The van der Waals surface area contributed by atoms with E-state index in [4.69, 9.17) is 21.3 Å². The molecule has 0 saturated carbocycles. The van der Waals surface area contributed by atoms with Gasteiger partial charge in [-0.25, -0.2) is 4.79 Å². The summed E-state index contributed by atoms with van der Waals surface area (Å²) in [6, 6.07) is -0.00508. The standard InChI is InChI=1S/C9H14N4O4/c10-6-4(3-14)17-8(7(6)11)13-2-1-5(15)12-9(13)16/h1-2,4,6-8,14H,3,10-11H2,(H,12,15,16)/t4-,6+,7?,8-/m1/s1. The van der Waals surface area contributed by atoms with E-state index in [9.17, 15) is 9.59 Å². The zero-order valence-corrected chi connectivity index (χ0v) is 8.95. The summed E-state index contributed by atoms with van der Waals surface area (Å²) in [5.74, 6) is 0. The molecular weight excluding hydrogens is 228 g/mol. The van der Waals surface area contributed by atoms with E-state index in [1.165, 1.54) is 12.3 Å². The second-order valence-electron chi connectivity index (χ2n) is 3.92. The number of hydrogen-bond acceptors (Lipinski definition) is 6. The van der Waals surface area contributed by atoms with Crippen LogP contribution < -0.4 is 22.7 Å². The Morgan fingerprint density at radius 2 is 2.12 bits per heavy atom. The lowest BCUT2D eigenvalue weighted by Crippen LogP contribution is -2.47. The first-order chi connectivity index (χ1) is 8.04. The summed E-state index contributed by atoms with van der Waals surface area (Å²) in [6.07, 6.45) is -0.113. The zero-order valence-electron chi connectivity index (χ0n) is 8.95. The maximum atomic E-state index is 11.5. The molecule has 1 saturated heterocycles. The third kappa shape index (κ3) is 2.03. The number of nitrogens with two attached hydrogens (primary N) is 2. The predicted octanol–water partition coefficient (Wildman–Crippen LogP) is -2.92. The van der Waals surface area contributed by atoms with Crippen LogP contribution in [0.5, 0.6) is 0 Å². The monoisotopic (exact) mass is 242 g/mol. The molecular formula is C9H14N4O4. The van der Waals surface area contributed by atoms with Gasteiger partial charge in [0.15, 0.2) is 6.23 Å². The SMILES string of the molecule is NC1[C@@H](N)[C@@H](CO)O[C@H]1n1ccc(=O)[nH]c1=O.